The van der Waals surface area contributed by atoms with Gasteiger partial charge in [-0.3, -0.25) is 0 Å². The maximum atomic E-state index is 14.2. The minimum Gasteiger partial charge on any atom is -0.147 e. The van der Waals surface area contributed by atoms with Crippen LogP contribution in [0.4, 0.5) is 26.3 Å². The van der Waals surface area contributed by atoms with Gasteiger partial charge in [-0.05, 0) is 0 Å². The second kappa shape index (κ2) is 14.4. The van der Waals surface area contributed by atoms with Crippen LogP contribution in [0.2, 0.25) is 0 Å². The molecule has 0 heterocycles. The van der Waals surface area contributed by atoms with Crippen LogP contribution in [0.15, 0.2) is 106 Å². The number of hydrogen-bond acceptors (Lipinski definition) is 0. The van der Waals surface area contributed by atoms with Gasteiger partial charge in [-0.25, -0.2) is 0 Å². The first kappa shape index (κ1) is 40.0. The predicted octanol–water partition coefficient (Wildman–Crippen LogP) is 13.0. The van der Waals surface area contributed by atoms with E-state index in [1.807, 2.05) is 12.2 Å². The Morgan fingerprint density at radius 2 is 1.02 bits per heavy atom. The van der Waals surface area contributed by atoms with Gasteiger partial charge in [0.05, 0.1) is 0 Å². The van der Waals surface area contributed by atoms with Gasteiger partial charge in [0.25, 0.3) is 0 Å². The van der Waals surface area contributed by atoms with Gasteiger partial charge in [0, 0.05) is 0 Å². The van der Waals surface area contributed by atoms with Gasteiger partial charge in [0.2, 0.25) is 0 Å². The predicted molar refractivity (Wildman–Crippen MR) is 194 cm³/mol. The molecule has 0 bridgehead atoms. The molecule has 0 saturated heterocycles. The Labute approximate surface area is 310 Å². The molecule has 9 heteroatoms. The molecule has 0 unspecified atom stereocenters. The van der Waals surface area contributed by atoms with Crippen molar-refractivity contribution in [3.05, 3.63) is 151 Å². The van der Waals surface area contributed by atoms with E-state index in [0.29, 0.717) is 20.8 Å². The Bertz CT molecular complexity index is 1880. The average molecular weight is 809 g/mol. The molecule has 0 spiro atoms. The molecular formula is C41H40Cl2F6Zr. The Hall–Kier alpha value is -2.73. The Morgan fingerprint density at radius 3 is 1.38 bits per heavy atom. The van der Waals surface area contributed by atoms with E-state index in [4.69, 9.17) is 0 Å². The smallest absolute Gasteiger partial charge is 0.147 e. The summed E-state index contributed by atoms with van der Waals surface area (Å²) in [6.45, 7) is 13.0. The van der Waals surface area contributed by atoms with Crippen molar-refractivity contribution >= 4 is 28.0 Å². The third kappa shape index (κ3) is 7.86. The second-order valence-corrected chi connectivity index (χ2v) is 21.1. The maximum absolute atomic E-state index is 14.2. The number of benzene rings is 4. The van der Waals surface area contributed by atoms with Crippen LogP contribution in [0.3, 0.4) is 0 Å². The number of rotatable bonds is 4. The van der Waals surface area contributed by atoms with Crippen LogP contribution in [0, 0.1) is 0 Å². The SMILES string of the molecule is CC(C)(C)c1ccc2c(c1)-c1cc(C(C)(C)C)ccc1[CH]2[Zr]([C]1=CC=CC1)=[C](c1cccc(C(F)(F)F)c1)c1cccc(C(F)(F)F)c1.Cl.Cl. The van der Waals surface area contributed by atoms with Crippen LogP contribution in [0.5, 0.6) is 0 Å². The van der Waals surface area contributed by atoms with E-state index in [2.05, 4.69) is 84.0 Å². The van der Waals surface area contributed by atoms with Crippen LogP contribution in [-0.4, -0.2) is 3.21 Å². The van der Waals surface area contributed by atoms with Crippen LogP contribution < -0.4 is 0 Å². The van der Waals surface area contributed by atoms with Gasteiger partial charge in [0.1, 0.15) is 0 Å². The molecule has 0 amide bonds. The summed E-state index contributed by atoms with van der Waals surface area (Å²) in [5, 5.41) is 0. The number of halogens is 8. The molecule has 0 atom stereocenters. The molecule has 0 saturated carbocycles. The molecule has 2 aliphatic carbocycles. The number of alkyl halides is 6. The topological polar surface area (TPSA) is 0 Å². The molecule has 0 aliphatic heterocycles. The fourth-order valence-corrected chi connectivity index (χ4v) is 15.8. The van der Waals surface area contributed by atoms with Crippen LogP contribution in [0.1, 0.15) is 96.1 Å². The van der Waals surface area contributed by atoms with Crippen LogP contribution >= 0.6 is 24.8 Å². The number of allylic oxidation sites excluding steroid dienone is 4. The molecule has 0 radical (unpaired) electrons. The van der Waals surface area contributed by atoms with Crippen molar-refractivity contribution in [2.75, 3.05) is 0 Å². The van der Waals surface area contributed by atoms with Crippen molar-refractivity contribution in [2.45, 2.75) is 74.8 Å². The van der Waals surface area contributed by atoms with E-state index in [0.717, 1.165) is 49.8 Å². The Kier molecular flexibility index (Phi) is 11.5. The van der Waals surface area contributed by atoms with Crippen molar-refractivity contribution < 1.29 is 47.6 Å². The summed E-state index contributed by atoms with van der Waals surface area (Å²) in [7, 11) is 0. The monoisotopic (exact) mass is 806 g/mol. The quantitative estimate of drug-likeness (QED) is 0.180. The standard InChI is InChI=1S/C21H25.C15H8F6.C5H5.2ClH.Zr/c1-20(2,3)16-9-7-14-11-15-8-10-17(21(4,5)6)13-19(15)18(14)12-16;16-14(17,18)12-5-1-3-10(8-12)7-11-4-2-6-13(9-11)15(19,20)21;1-2-4-5-3-1;;;/h7-13H,1-6H3;1-6,8-9H;1-3H,4H2;2*1H;. The average Bonchev–Trinajstić information content (AvgIpc) is 3.64. The molecular weight excluding hydrogens is 769 g/mol. The third-order valence-electron chi connectivity index (χ3n) is 9.38. The number of fused-ring (bicyclic) bond motifs is 3. The Morgan fingerprint density at radius 1 is 0.580 bits per heavy atom. The largest absolute Gasteiger partial charge is 0.147 e. The molecule has 0 fully saturated rings. The van der Waals surface area contributed by atoms with Crippen LogP contribution in [-0.2, 0) is 44.4 Å². The van der Waals surface area contributed by atoms with Crippen molar-refractivity contribution in [1.29, 1.82) is 0 Å². The molecule has 264 valence electrons. The molecule has 6 rings (SSSR count). The summed E-state index contributed by atoms with van der Waals surface area (Å²) in [5.41, 5.74) is 5.52. The van der Waals surface area contributed by atoms with Crippen molar-refractivity contribution in [3.63, 3.8) is 0 Å². The second-order valence-electron chi connectivity index (χ2n) is 14.8. The maximum Gasteiger partial charge on any atom is -0.147 e. The first-order valence-corrected chi connectivity index (χ1v) is 20.0. The minimum absolute atomic E-state index is 0. The van der Waals surface area contributed by atoms with E-state index >= 15 is 0 Å². The molecule has 50 heavy (non-hydrogen) atoms. The zero-order valence-corrected chi connectivity index (χ0v) is 32.8. The first-order chi connectivity index (χ1) is 22.3. The van der Waals surface area contributed by atoms with E-state index in [9.17, 15) is 26.3 Å². The van der Waals surface area contributed by atoms with Crippen molar-refractivity contribution in [1.82, 2.24) is 0 Å². The normalized spacial score (nSPS) is 14.4. The van der Waals surface area contributed by atoms with E-state index < -0.39 is 44.7 Å². The summed E-state index contributed by atoms with van der Waals surface area (Å²) < 4.78 is 86.5. The number of hydrogen-bond donors (Lipinski definition) is 0. The van der Waals surface area contributed by atoms with Crippen molar-refractivity contribution in [3.8, 4) is 11.1 Å². The van der Waals surface area contributed by atoms with Gasteiger partial charge >= 0.3 is 288 Å². The Balaban J connectivity index is 0.00000281. The van der Waals surface area contributed by atoms with Gasteiger partial charge in [-0.15, -0.1) is 24.8 Å². The van der Waals surface area contributed by atoms with Gasteiger partial charge in [-0.2, -0.15) is 0 Å². The molecule has 2 aliphatic rings. The van der Waals surface area contributed by atoms with Gasteiger partial charge in [0.15, 0.2) is 0 Å². The molecule has 4 aromatic rings. The summed E-state index contributed by atoms with van der Waals surface area (Å²) >= 11 is -3.54. The van der Waals surface area contributed by atoms with Gasteiger partial charge < -0.3 is 0 Å². The van der Waals surface area contributed by atoms with Gasteiger partial charge in [-0.1, -0.05) is 0 Å². The van der Waals surface area contributed by atoms with E-state index in [1.165, 1.54) is 23.3 Å². The fourth-order valence-electron chi connectivity index (χ4n) is 6.81. The zero-order chi connectivity index (χ0) is 34.8. The van der Waals surface area contributed by atoms with Crippen LogP contribution in [0.25, 0.3) is 11.1 Å². The molecule has 4 aromatic carbocycles. The summed E-state index contributed by atoms with van der Waals surface area (Å²) in [4.78, 5) is 0. The summed E-state index contributed by atoms with van der Waals surface area (Å²) in [6, 6.07) is 23.4. The fraction of sp³-hybridized carbons (Fsp3) is 0.293. The summed E-state index contributed by atoms with van der Waals surface area (Å²) in [5.74, 6) is 0. The zero-order valence-electron chi connectivity index (χ0n) is 28.7. The minimum atomic E-state index is -4.61. The molecule has 0 aromatic heterocycles. The third-order valence-corrected chi connectivity index (χ3v) is 17.7. The van der Waals surface area contributed by atoms with E-state index in [1.54, 1.807) is 12.1 Å². The van der Waals surface area contributed by atoms with Crippen molar-refractivity contribution in [2.24, 2.45) is 0 Å². The summed E-state index contributed by atoms with van der Waals surface area (Å²) in [6.07, 6.45) is -2.53. The molecule has 0 N–H and O–H groups in total. The first-order valence-electron chi connectivity index (χ1n) is 16.1. The van der Waals surface area contributed by atoms with E-state index in [-0.39, 0.29) is 39.3 Å². The molecule has 0 nitrogen and oxygen atoms in total.